The molecule has 0 amide bonds. The van der Waals surface area contributed by atoms with Gasteiger partial charge in [0.1, 0.15) is 0 Å². The minimum absolute atomic E-state index is 0.381. The normalized spacial score (nSPS) is 10.3. The van der Waals surface area contributed by atoms with Crippen LogP contribution >= 0.6 is 0 Å². The lowest BCUT2D eigenvalue weighted by molar-refractivity contribution is 0.355. The van der Waals surface area contributed by atoms with E-state index in [1.807, 2.05) is 37.3 Å². The molecule has 0 bridgehead atoms. The maximum Gasteiger partial charge on any atom is 0.249 e. The molecule has 0 fully saturated rings. The Morgan fingerprint density at radius 2 is 1.69 bits per heavy atom. The molecule has 0 radical (unpaired) electrons. The largest absolute Gasteiger partial charge is 0.493 e. The van der Waals surface area contributed by atoms with Crippen LogP contribution in [0.25, 0.3) is 0 Å². The van der Waals surface area contributed by atoms with E-state index in [9.17, 15) is 0 Å². The first-order valence-electron chi connectivity index (χ1n) is 8.12. The summed E-state index contributed by atoms with van der Waals surface area (Å²) in [7, 11) is 3.19. The van der Waals surface area contributed by atoms with Crippen LogP contribution in [0.1, 0.15) is 11.1 Å². The van der Waals surface area contributed by atoms with Crippen molar-refractivity contribution in [2.75, 3.05) is 24.9 Å². The van der Waals surface area contributed by atoms with Crippen LogP contribution in [-0.2, 0) is 0 Å². The molecule has 3 rings (SSSR count). The molecule has 0 aliphatic heterocycles. The molecule has 7 nitrogen and oxygen atoms in total. The highest BCUT2D eigenvalue weighted by Gasteiger charge is 2.07. The average molecular weight is 351 g/mol. The number of aromatic nitrogens is 3. The fraction of sp³-hybridized carbons (Fsp3) is 0.211. The van der Waals surface area contributed by atoms with Crippen molar-refractivity contribution in [1.29, 1.82) is 0 Å². The van der Waals surface area contributed by atoms with Crippen molar-refractivity contribution in [1.82, 2.24) is 15.2 Å². The quantitative estimate of drug-likeness (QED) is 0.695. The first-order valence-corrected chi connectivity index (χ1v) is 8.12. The molecule has 2 aromatic carbocycles. The minimum atomic E-state index is 0.381. The molecule has 0 aliphatic rings. The van der Waals surface area contributed by atoms with E-state index < -0.39 is 0 Å². The summed E-state index contributed by atoms with van der Waals surface area (Å²) in [5.41, 5.74) is 4.10. The second-order valence-corrected chi connectivity index (χ2v) is 5.80. The van der Waals surface area contributed by atoms with E-state index in [1.54, 1.807) is 20.4 Å². The Kier molecular flexibility index (Phi) is 5.17. The molecular formula is C19H21N5O2. The predicted octanol–water partition coefficient (Wildman–Crippen LogP) is 3.99. The molecule has 134 valence electrons. The SMILES string of the molecule is COc1ccc(Nc2nncc(Nc3ccc(C)cc3C)n2)cc1OC. The summed E-state index contributed by atoms with van der Waals surface area (Å²) >= 11 is 0. The van der Waals surface area contributed by atoms with Crippen molar-refractivity contribution >= 4 is 23.1 Å². The second kappa shape index (κ2) is 7.69. The molecule has 1 aromatic heterocycles. The number of anilines is 4. The highest BCUT2D eigenvalue weighted by atomic mass is 16.5. The smallest absolute Gasteiger partial charge is 0.249 e. The van der Waals surface area contributed by atoms with Gasteiger partial charge in [-0.3, -0.25) is 0 Å². The zero-order chi connectivity index (χ0) is 18.5. The van der Waals surface area contributed by atoms with Gasteiger partial charge in [-0.15, -0.1) is 5.10 Å². The summed E-state index contributed by atoms with van der Waals surface area (Å²) in [5.74, 6) is 2.26. The Labute approximate surface area is 152 Å². The minimum Gasteiger partial charge on any atom is -0.493 e. The number of rotatable bonds is 6. The van der Waals surface area contributed by atoms with Gasteiger partial charge < -0.3 is 20.1 Å². The van der Waals surface area contributed by atoms with E-state index in [0.29, 0.717) is 23.3 Å². The van der Waals surface area contributed by atoms with Crippen molar-refractivity contribution in [2.24, 2.45) is 0 Å². The fourth-order valence-electron chi connectivity index (χ4n) is 2.55. The number of hydrogen-bond acceptors (Lipinski definition) is 7. The number of nitrogens with zero attached hydrogens (tertiary/aromatic N) is 3. The van der Waals surface area contributed by atoms with Gasteiger partial charge >= 0.3 is 0 Å². The zero-order valence-electron chi connectivity index (χ0n) is 15.2. The van der Waals surface area contributed by atoms with Gasteiger partial charge in [-0.05, 0) is 37.6 Å². The molecule has 0 unspecified atom stereocenters. The summed E-state index contributed by atoms with van der Waals surface area (Å²) in [5, 5.41) is 14.4. The number of methoxy groups -OCH3 is 2. The number of hydrogen-bond donors (Lipinski definition) is 2. The van der Waals surface area contributed by atoms with Crippen LogP contribution in [0.2, 0.25) is 0 Å². The van der Waals surface area contributed by atoms with E-state index in [1.165, 1.54) is 5.56 Å². The van der Waals surface area contributed by atoms with Crippen LogP contribution < -0.4 is 20.1 Å². The van der Waals surface area contributed by atoms with Crippen LogP contribution in [0.5, 0.6) is 11.5 Å². The van der Waals surface area contributed by atoms with Crippen molar-refractivity contribution in [3.8, 4) is 11.5 Å². The van der Waals surface area contributed by atoms with E-state index in [4.69, 9.17) is 9.47 Å². The first-order chi connectivity index (χ1) is 12.6. The van der Waals surface area contributed by atoms with Gasteiger partial charge in [-0.1, -0.05) is 17.7 Å². The van der Waals surface area contributed by atoms with Gasteiger partial charge in [-0.25, -0.2) is 0 Å². The predicted molar refractivity (Wildman–Crippen MR) is 102 cm³/mol. The number of ether oxygens (including phenoxy) is 2. The molecule has 0 saturated heterocycles. The lowest BCUT2D eigenvalue weighted by Crippen LogP contribution is -2.03. The number of aryl methyl sites for hydroxylation is 2. The maximum absolute atomic E-state index is 5.31. The molecular weight excluding hydrogens is 330 g/mol. The van der Waals surface area contributed by atoms with Gasteiger partial charge in [0.2, 0.25) is 5.95 Å². The van der Waals surface area contributed by atoms with Gasteiger partial charge in [0, 0.05) is 17.4 Å². The van der Waals surface area contributed by atoms with E-state index in [-0.39, 0.29) is 0 Å². The third-order valence-corrected chi connectivity index (χ3v) is 3.84. The Morgan fingerprint density at radius 1 is 0.885 bits per heavy atom. The highest BCUT2D eigenvalue weighted by molar-refractivity contribution is 5.63. The third-order valence-electron chi connectivity index (χ3n) is 3.84. The summed E-state index contributed by atoms with van der Waals surface area (Å²) in [6.07, 6.45) is 1.58. The van der Waals surface area contributed by atoms with E-state index >= 15 is 0 Å². The number of benzene rings is 2. The third kappa shape index (κ3) is 4.00. The van der Waals surface area contributed by atoms with Crippen LogP contribution in [0.3, 0.4) is 0 Å². The molecule has 2 N–H and O–H groups in total. The summed E-state index contributed by atoms with van der Waals surface area (Å²) in [6.45, 7) is 4.11. The van der Waals surface area contributed by atoms with Crippen molar-refractivity contribution in [3.63, 3.8) is 0 Å². The Balaban J connectivity index is 1.79. The Bertz CT molecular complexity index is 914. The monoisotopic (exact) mass is 351 g/mol. The van der Waals surface area contributed by atoms with E-state index in [0.717, 1.165) is 16.9 Å². The standard InChI is InChI=1S/C19H21N5O2/c1-12-5-7-15(13(2)9-12)22-18-11-20-24-19(23-18)21-14-6-8-16(25-3)17(10-14)26-4/h5-11H,1-4H3,(H2,21,22,23,24). The highest BCUT2D eigenvalue weighted by Crippen LogP contribution is 2.30. The van der Waals surface area contributed by atoms with Crippen LogP contribution in [0.15, 0.2) is 42.6 Å². The molecule has 1 heterocycles. The summed E-state index contributed by atoms with van der Waals surface area (Å²) < 4.78 is 10.5. The fourth-order valence-corrected chi connectivity index (χ4v) is 2.55. The average Bonchev–Trinajstić information content (AvgIpc) is 2.64. The molecule has 7 heteroatoms. The number of nitrogens with one attached hydrogen (secondary N) is 2. The van der Waals surface area contributed by atoms with Crippen molar-refractivity contribution < 1.29 is 9.47 Å². The summed E-state index contributed by atoms with van der Waals surface area (Å²) in [6, 6.07) is 11.7. The Morgan fingerprint density at radius 3 is 2.42 bits per heavy atom. The van der Waals surface area contributed by atoms with Crippen LogP contribution in [0, 0.1) is 13.8 Å². The summed E-state index contributed by atoms with van der Waals surface area (Å²) in [4.78, 5) is 4.46. The lowest BCUT2D eigenvalue weighted by atomic mass is 10.1. The van der Waals surface area contributed by atoms with Crippen LogP contribution in [-0.4, -0.2) is 29.4 Å². The van der Waals surface area contributed by atoms with Gasteiger partial charge in [-0.2, -0.15) is 10.1 Å². The second-order valence-electron chi connectivity index (χ2n) is 5.80. The van der Waals surface area contributed by atoms with Crippen LogP contribution in [0.4, 0.5) is 23.1 Å². The molecule has 0 saturated carbocycles. The van der Waals surface area contributed by atoms with Crippen molar-refractivity contribution in [2.45, 2.75) is 13.8 Å². The molecule has 0 aliphatic carbocycles. The topological polar surface area (TPSA) is 81.2 Å². The first kappa shape index (κ1) is 17.5. The maximum atomic E-state index is 5.31. The zero-order valence-corrected chi connectivity index (χ0v) is 15.2. The van der Waals surface area contributed by atoms with Gasteiger partial charge in [0.05, 0.1) is 20.4 Å². The molecule has 0 atom stereocenters. The lowest BCUT2D eigenvalue weighted by Gasteiger charge is -2.12. The Hall–Kier alpha value is -3.35. The van der Waals surface area contributed by atoms with Gasteiger partial charge in [0.25, 0.3) is 0 Å². The van der Waals surface area contributed by atoms with E-state index in [2.05, 4.69) is 38.8 Å². The molecule has 26 heavy (non-hydrogen) atoms. The van der Waals surface area contributed by atoms with Gasteiger partial charge in [0.15, 0.2) is 17.3 Å². The molecule has 3 aromatic rings. The molecule has 0 spiro atoms. The van der Waals surface area contributed by atoms with Crippen molar-refractivity contribution in [3.05, 3.63) is 53.7 Å².